The van der Waals surface area contributed by atoms with Crippen molar-refractivity contribution in [2.75, 3.05) is 12.3 Å². The molecule has 28 heavy (non-hydrogen) atoms. The maximum Gasteiger partial charge on any atom is 0.321 e. The highest BCUT2D eigenvalue weighted by atomic mass is 32.2. The second-order valence-corrected chi connectivity index (χ2v) is 9.51. The molecule has 0 fully saturated rings. The van der Waals surface area contributed by atoms with Gasteiger partial charge in [-0.25, -0.2) is 9.78 Å². The van der Waals surface area contributed by atoms with Gasteiger partial charge in [0.25, 0.3) is 5.56 Å². The summed E-state index contributed by atoms with van der Waals surface area (Å²) in [5, 5.41) is 5.93. The number of carbonyl (C=O) groups excluding carboxylic acids is 2. The van der Waals surface area contributed by atoms with E-state index in [0.29, 0.717) is 33.8 Å². The molecule has 0 bridgehead atoms. The van der Waals surface area contributed by atoms with Gasteiger partial charge >= 0.3 is 6.03 Å². The van der Waals surface area contributed by atoms with E-state index < -0.39 is 11.9 Å². The highest BCUT2D eigenvalue weighted by Gasteiger charge is 2.17. The van der Waals surface area contributed by atoms with Crippen molar-refractivity contribution in [3.05, 3.63) is 20.8 Å². The zero-order valence-electron chi connectivity index (χ0n) is 17.0. The van der Waals surface area contributed by atoms with Gasteiger partial charge in [0.1, 0.15) is 4.83 Å². The van der Waals surface area contributed by atoms with Gasteiger partial charge in [-0.1, -0.05) is 45.9 Å². The summed E-state index contributed by atoms with van der Waals surface area (Å²) >= 11 is 2.61. The zero-order chi connectivity index (χ0) is 20.8. The molecule has 0 aromatic carbocycles. The third-order valence-electron chi connectivity index (χ3n) is 4.35. The second kappa shape index (κ2) is 10.1. The summed E-state index contributed by atoms with van der Waals surface area (Å²) in [6.07, 6.45) is 1.91. The fourth-order valence-electron chi connectivity index (χ4n) is 2.60. The Balaban J connectivity index is 2.05. The molecule has 3 N–H and O–H groups in total. The minimum absolute atomic E-state index is 0.00632. The van der Waals surface area contributed by atoms with Gasteiger partial charge in [0.15, 0.2) is 5.16 Å². The van der Waals surface area contributed by atoms with Crippen molar-refractivity contribution in [1.29, 1.82) is 0 Å². The number of thioether (sulfide) groups is 1. The van der Waals surface area contributed by atoms with Gasteiger partial charge in [-0.3, -0.25) is 14.9 Å². The lowest BCUT2D eigenvalue weighted by Gasteiger charge is -2.09. The first-order valence-corrected chi connectivity index (χ1v) is 11.2. The molecule has 0 saturated heterocycles. The molecule has 2 aromatic rings. The molecule has 0 aliphatic rings. The lowest BCUT2D eigenvalue weighted by Crippen LogP contribution is -2.41. The van der Waals surface area contributed by atoms with Gasteiger partial charge in [-0.05, 0) is 30.7 Å². The third kappa shape index (κ3) is 6.07. The highest BCUT2D eigenvalue weighted by molar-refractivity contribution is 7.99. The Morgan fingerprint density at radius 1 is 1.29 bits per heavy atom. The number of aryl methyl sites for hydroxylation is 1. The summed E-state index contributed by atoms with van der Waals surface area (Å²) in [4.78, 5) is 45.2. The molecule has 0 spiro atoms. The van der Waals surface area contributed by atoms with Gasteiger partial charge in [-0.15, -0.1) is 11.3 Å². The summed E-state index contributed by atoms with van der Waals surface area (Å²) in [6.45, 7) is 10.8. The number of hydrogen-bond acceptors (Lipinski definition) is 6. The number of aromatic nitrogens is 2. The van der Waals surface area contributed by atoms with E-state index >= 15 is 0 Å². The Hall–Kier alpha value is -1.87. The summed E-state index contributed by atoms with van der Waals surface area (Å²) in [7, 11) is 0. The molecule has 0 radical (unpaired) electrons. The molecule has 1 atom stereocenters. The SMILES string of the molecule is CC[C@@H](C)Cc1c(C)sc2nc(SCC(=O)NC(=O)NCC(C)C)[nH]c(=O)c12. The lowest BCUT2D eigenvalue weighted by atomic mass is 9.98. The number of rotatable bonds is 8. The fourth-order valence-corrected chi connectivity index (χ4v) is 4.37. The number of imide groups is 1. The van der Waals surface area contributed by atoms with E-state index in [9.17, 15) is 14.4 Å². The number of carbonyl (C=O) groups is 2. The largest absolute Gasteiger partial charge is 0.338 e. The molecule has 0 aliphatic heterocycles. The van der Waals surface area contributed by atoms with Gasteiger partial charge < -0.3 is 10.3 Å². The Morgan fingerprint density at radius 3 is 2.64 bits per heavy atom. The monoisotopic (exact) mass is 424 g/mol. The summed E-state index contributed by atoms with van der Waals surface area (Å²) in [6, 6.07) is -0.514. The number of urea groups is 1. The summed E-state index contributed by atoms with van der Waals surface area (Å²) in [5.41, 5.74) is 0.893. The fraction of sp³-hybridized carbons (Fsp3) is 0.579. The van der Waals surface area contributed by atoms with E-state index in [4.69, 9.17) is 0 Å². The van der Waals surface area contributed by atoms with Gasteiger partial charge in [0.2, 0.25) is 5.91 Å². The van der Waals surface area contributed by atoms with Gasteiger partial charge in [0.05, 0.1) is 11.1 Å². The third-order valence-corrected chi connectivity index (χ3v) is 6.27. The first-order chi connectivity index (χ1) is 13.2. The van der Waals surface area contributed by atoms with Crippen LogP contribution in [0.25, 0.3) is 10.2 Å². The molecular weight excluding hydrogens is 396 g/mol. The van der Waals surface area contributed by atoms with Crippen LogP contribution in [0.15, 0.2) is 9.95 Å². The van der Waals surface area contributed by atoms with Crippen molar-refractivity contribution in [2.24, 2.45) is 11.8 Å². The van der Waals surface area contributed by atoms with Crippen molar-refractivity contribution in [3.8, 4) is 0 Å². The Labute approximate surface area is 173 Å². The van der Waals surface area contributed by atoms with Crippen LogP contribution in [-0.2, 0) is 11.2 Å². The van der Waals surface area contributed by atoms with Crippen molar-refractivity contribution < 1.29 is 9.59 Å². The van der Waals surface area contributed by atoms with Crippen LogP contribution in [0.2, 0.25) is 0 Å². The summed E-state index contributed by atoms with van der Waals surface area (Å²) in [5.74, 6) is 0.355. The molecule has 0 saturated carbocycles. The molecule has 2 heterocycles. The lowest BCUT2D eigenvalue weighted by molar-refractivity contribution is -0.117. The van der Waals surface area contributed by atoms with E-state index in [1.54, 1.807) is 0 Å². The average molecular weight is 425 g/mol. The minimum Gasteiger partial charge on any atom is -0.338 e. The van der Waals surface area contributed by atoms with E-state index in [2.05, 4.69) is 34.4 Å². The standard InChI is InChI=1S/C19H28N4O3S2/c1-6-11(4)7-13-12(5)28-17-15(13)16(25)22-19(23-17)27-9-14(24)21-18(26)20-8-10(2)3/h10-11H,6-9H2,1-5H3,(H,22,23,25)(H2,20,21,24,26)/t11-/m1/s1. The molecular formula is C19H28N4O3S2. The van der Waals surface area contributed by atoms with Crippen LogP contribution in [-0.4, -0.2) is 34.2 Å². The number of nitrogens with zero attached hydrogens (tertiary/aromatic N) is 1. The maximum absolute atomic E-state index is 12.6. The van der Waals surface area contributed by atoms with E-state index in [-0.39, 0.29) is 11.3 Å². The van der Waals surface area contributed by atoms with Crippen LogP contribution >= 0.6 is 23.1 Å². The Kier molecular flexibility index (Phi) is 8.06. The van der Waals surface area contributed by atoms with Crippen LogP contribution in [0.3, 0.4) is 0 Å². The van der Waals surface area contributed by atoms with Crippen LogP contribution in [0.5, 0.6) is 0 Å². The van der Waals surface area contributed by atoms with Crippen LogP contribution in [0.4, 0.5) is 4.79 Å². The minimum atomic E-state index is -0.514. The summed E-state index contributed by atoms with van der Waals surface area (Å²) < 4.78 is 0. The molecule has 0 aliphatic carbocycles. The number of nitrogens with one attached hydrogen (secondary N) is 3. The number of thiophene rings is 1. The van der Waals surface area contributed by atoms with Crippen LogP contribution in [0, 0.1) is 18.8 Å². The molecule has 2 rings (SSSR count). The van der Waals surface area contributed by atoms with Gasteiger partial charge in [0, 0.05) is 11.4 Å². The zero-order valence-corrected chi connectivity index (χ0v) is 18.6. The maximum atomic E-state index is 12.6. The van der Waals surface area contributed by atoms with Crippen LogP contribution < -0.4 is 16.2 Å². The average Bonchev–Trinajstić information content (AvgIpc) is 2.93. The van der Waals surface area contributed by atoms with E-state index in [1.165, 1.54) is 11.3 Å². The van der Waals surface area contributed by atoms with E-state index in [1.807, 2.05) is 20.8 Å². The van der Waals surface area contributed by atoms with E-state index in [0.717, 1.165) is 35.0 Å². The van der Waals surface area contributed by atoms with Crippen molar-refractivity contribution in [3.63, 3.8) is 0 Å². The topological polar surface area (TPSA) is 104 Å². The molecule has 154 valence electrons. The number of aromatic amines is 1. The molecule has 9 heteroatoms. The first-order valence-electron chi connectivity index (χ1n) is 9.44. The Bertz CT molecular complexity index is 904. The van der Waals surface area contributed by atoms with Crippen molar-refractivity contribution >= 4 is 45.3 Å². The van der Waals surface area contributed by atoms with Crippen molar-refractivity contribution in [2.45, 2.75) is 52.6 Å². The molecule has 7 nitrogen and oxygen atoms in total. The molecule has 2 aromatic heterocycles. The van der Waals surface area contributed by atoms with Crippen molar-refractivity contribution in [1.82, 2.24) is 20.6 Å². The first kappa shape index (κ1) is 22.4. The quantitative estimate of drug-likeness (QED) is 0.445. The number of amides is 3. The highest BCUT2D eigenvalue weighted by Crippen LogP contribution is 2.30. The predicted molar refractivity (Wildman–Crippen MR) is 115 cm³/mol. The van der Waals surface area contributed by atoms with Gasteiger partial charge in [-0.2, -0.15) is 0 Å². The smallest absolute Gasteiger partial charge is 0.321 e. The number of H-pyrrole nitrogens is 1. The predicted octanol–water partition coefficient (Wildman–Crippen LogP) is 3.46. The molecule has 0 unspecified atom stereocenters. The number of hydrogen-bond donors (Lipinski definition) is 3. The second-order valence-electron chi connectivity index (χ2n) is 7.35. The molecule has 3 amide bonds. The van der Waals surface area contributed by atoms with Crippen LogP contribution in [0.1, 0.15) is 44.6 Å². The Morgan fingerprint density at radius 2 is 2.00 bits per heavy atom. The number of fused-ring (bicyclic) bond motifs is 1. The normalized spacial score (nSPS) is 12.4.